The summed E-state index contributed by atoms with van der Waals surface area (Å²) in [5.41, 5.74) is 1.34. The molecule has 2 rings (SSSR count). The molecule has 1 unspecified atom stereocenters. The van der Waals surface area contributed by atoms with Crippen molar-refractivity contribution in [2.24, 2.45) is 0 Å². The molecule has 5 heteroatoms. The summed E-state index contributed by atoms with van der Waals surface area (Å²) in [5, 5.41) is 2.67. The lowest BCUT2D eigenvalue weighted by atomic mass is 10.0. The summed E-state index contributed by atoms with van der Waals surface area (Å²) in [6.45, 7) is 1.18. The predicted octanol–water partition coefficient (Wildman–Crippen LogP) is 2.19. The van der Waals surface area contributed by atoms with E-state index in [1.807, 2.05) is 30.3 Å². The van der Waals surface area contributed by atoms with Crippen molar-refractivity contribution in [1.82, 2.24) is 5.32 Å². The maximum Gasteiger partial charge on any atom is 0.258 e. The zero-order chi connectivity index (χ0) is 17.4. The van der Waals surface area contributed by atoms with Crippen LogP contribution in [0.5, 0.6) is 5.75 Å². The van der Waals surface area contributed by atoms with Gasteiger partial charge in [-0.05, 0) is 31.0 Å². The van der Waals surface area contributed by atoms with Crippen LogP contribution in [0.3, 0.4) is 0 Å². The number of aldehydes is 1. The van der Waals surface area contributed by atoms with Crippen molar-refractivity contribution in [3.63, 3.8) is 0 Å². The lowest BCUT2D eigenvalue weighted by Gasteiger charge is -2.16. The minimum Gasteiger partial charge on any atom is -0.483 e. The van der Waals surface area contributed by atoms with Crippen molar-refractivity contribution in [1.29, 1.82) is 0 Å². The molecule has 2 aromatic rings. The van der Waals surface area contributed by atoms with Gasteiger partial charge in [-0.25, -0.2) is 0 Å². The predicted molar refractivity (Wildman–Crippen MR) is 90.1 cm³/mol. The van der Waals surface area contributed by atoms with Gasteiger partial charge in [0, 0.05) is 0 Å². The number of carbonyl (C=O) groups is 3. The van der Waals surface area contributed by atoms with E-state index in [0.29, 0.717) is 24.0 Å². The van der Waals surface area contributed by atoms with E-state index >= 15 is 0 Å². The van der Waals surface area contributed by atoms with Gasteiger partial charge >= 0.3 is 0 Å². The van der Waals surface area contributed by atoms with Gasteiger partial charge in [0.15, 0.2) is 18.7 Å². The highest BCUT2D eigenvalue weighted by molar-refractivity contribution is 5.88. The third-order valence-electron chi connectivity index (χ3n) is 3.51. The molecule has 0 aliphatic rings. The minimum absolute atomic E-state index is 0.125. The topological polar surface area (TPSA) is 72.5 Å². The number of rotatable bonds is 8. The van der Waals surface area contributed by atoms with E-state index < -0.39 is 11.9 Å². The third-order valence-corrected chi connectivity index (χ3v) is 3.51. The summed E-state index contributed by atoms with van der Waals surface area (Å²) in [6, 6.07) is 15.5. The van der Waals surface area contributed by atoms with Gasteiger partial charge in [-0.15, -0.1) is 0 Å². The molecule has 0 aromatic heterocycles. The number of benzene rings is 2. The van der Waals surface area contributed by atoms with Crippen molar-refractivity contribution < 1.29 is 19.1 Å². The van der Waals surface area contributed by atoms with Crippen LogP contribution >= 0.6 is 0 Å². The first kappa shape index (κ1) is 17.4. The first-order chi connectivity index (χ1) is 11.6. The Hall–Kier alpha value is -2.95. The van der Waals surface area contributed by atoms with Gasteiger partial charge in [0.1, 0.15) is 5.75 Å². The summed E-state index contributed by atoms with van der Waals surface area (Å²) in [6.07, 6.45) is 1.09. The van der Waals surface area contributed by atoms with Crippen LogP contribution in [0.2, 0.25) is 0 Å². The summed E-state index contributed by atoms with van der Waals surface area (Å²) in [7, 11) is 0. The highest BCUT2D eigenvalue weighted by Gasteiger charge is 2.18. The fourth-order valence-electron chi connectivity index (χ4n) is 2.23. The second-order valence-corrected chi connectivity index (χ2v) is 5.36. The number of para-hydroxylation sites is 1. The summed E-state index contributed by atoms with van der Waals surface area (Å²) < 4.78 is 5.37. The average Bonchev–Trinajstić information content (AvgIpc) is 2.60. The molecule has 0 aliphatic carbocycles. The second-order valence-electron chi connectivity index (χ2n) is 5.36. The second kappa shape index (κ2) is 8.62. The molecule has 0 heterocycles. The van der Waals surface area contributed by atoms with Gasteiger partial charge < -0.3 is 10.1 Å². The van der Waals surface area contributed by atoms with Gasteiger partial charge in [-0.2, -0.15) is 0 Å². The van der Waals surface area contributed by atoms with Crippen molar-refractivity contribution >= 4 is 18.0 Å². The van der Waals surface area contributed by atoms with Crippen LogP contribution in [0.15, 0.2) is 54.6 Å². The summed E-state index contributed by atoms with van der Waals surface area (Å²) >= 11 is 0. The van der Waals surface area contributed by atoms with Crippen molar-refractivity contribution in [2.75, 3.05) is 6.61 Å². The van der Waals surface area contributed by atoms with E-state index in [4.69, 9.17) is 4.74 Å². The first-order valence-electron chi connectivity index (χ1n) is 7.61. The molecule has 0 saturated carbocycles. The fraction of sp³-hybridized carbons (Fsp3) is 0.211. The van der Waals surface area contributed by atoms with E-state index in [0.717, 1.165) is 5.56 Å². The minimum atomic E-state index is -0.607. The monoisotopic (exact) mass is 325 g/mol. The molecular formula is C19H19NO4. The molecule has 2 aromatic carbocycles. The Morgan fingerprint density at radius 2 is 1.75 bits per heavy atom. The number of nitrogens with one attached hydrogen (secondary N) is 1. The molecule has 0 saturated heterocycles. The van der Waals surface area contributed by atoms with Gasteiger partial charge in [0.2, 0.25) is 0 Å². The molecule has 0 aliphatic heterocycles. The molecule has 0 spiro atoms. The van der Waals surface area contributed by atoms with Crippen LogP contribution in [0.4, 0.5) is 0 Å². The van der Waals surface area contributed by atoms with Gasteiger partial charge in [0.05, 0.1) is 11.6 Å². The maximum absolute atomic E-state index is 12.0. The van der Waals surface area contributed by atoms with Crippen molar-refractivity contribution in [3.8, 4) is 5.75 Å². The Morgan fingerprint density at radius 3 is 2.42 bits per heavy atom. The molecular weight excluding hydrogens is 306 g/mol. The molecule has 1 atom stereocenters. The summed E-state index contributed by atoms with van der Waals surface area (Å²) in [4.78, 5) is 34.7. The highest BCUT2D eigenvalue weighted by Crippen LogP contribution is 2.15. The zero-order valence-corrected chi connectivity index (χ0v) is 13.4. The Morgan fingerprint density at radius 1 is 1.08 bits per heavy atom. The highest BCUT2D eigenvalue weighted by atomic mass is 16.5. The number of amides is 1. The molecule has 1 amide bonds. The Bertz CT molecular complexity index is 712. The fourth-order valence-corrected chi connectivity index (χ4v) is 2.23. The number of carbonyl (C=O) groups excluding carboxylic acids is 3. The third kappa shape index (κ3) is 5.05. The number of ketones is 1. The SMILES string of the molecule is CC(=O)C(Cc1ccccc1)NC(=O)COc1ccccc1C=O. The standard InChI is InChI=1S/C19H19NO4/c1-14(22)17(11-15-7-3-2-4-8-15)20-19(23)13-24-18-10-6-5-9-16(18)12-21/h2-10,12,17H,11,13H2,1H3,(H,20,23). The summed E-state index contributed by atoms with van der Waals surface area (Å²) in [5.74, 6) is -0.197. The van der Waals surface area contributed by atoms with E-state index in [9.17, 15) is 14.4 Å². The molecule has 0 bridgehead atoms. The molecule has 5 nitrogen and oxygen atoms in total. The first-order valence-corrected chi connectivity index (χ1v) is 7.61. The Balaban J connectivity index is 1.93. The van der Waals surface area contributed by atoms with Crippen LogP contribution in [0.25, 0.3) is 0 Å². The van der Waals surface area contributed by atoms with Crippen LogP contribution in [0, 0.1) is 0 Å². The molecule has 1 N–H and O–H groups in total. The lowest BCUT2D eigenvalue weighted by Crippen LogP contribution is -2.43. The van der Waals surface area contributed by atoms with Gasteiger partial charge in [-0.1, -0.05) is 42.5 Å². The average molecular weight is 325 g/mol. The molecule has 0 radical (unpaired) electrons. The smallest absolute Gasteiger partial charge is 0.258 e. The van der Waals surface area contributed by atoms with Crippen molar-refractivity contribution in [3.05, 3.63) is 65.7 Å². The number of ether oxygens (including phenoxy) is 1. The Labute approximate surface area is 140 Å². The number of hydrogen-bond acceptors (Lipinski definition) is 4. The van der Waals surface area contributed by atoms with Crippen LogP contribution in [-0.4, -0.2) is 30.6 Å². The van der Waals surface area contributed by atoms with E-state index in [1.54, 1.807) is 24.3 Å². The van der Waals surface area contributed by atoms with Crippen LogP contribution in [0.1, 0.15) is 22.8 Å². The van der Waals surface area contributed by atoms with E-state index in [-0.39, 0.29) is 12.4 Å². The largest absolute Gasteiger partial charge is 0.483 e. The zero-order valence-electron chi connectivity index (χ0n) is 13.4. The van der Waals surface area contributed by atoms with Gasteiger partial charge in [0.25, 0.3) is 5.91 Å². The molecule has 0 fully saturated rings. The van der Waals surface area contributed by atoms with Crippen LogP contribution < -0.4 is 10.1 Å². The Kier molecular flexibility index (Phi) is 6.25. The normalized spacial score (nSPS) is 11.4. The lowest BCUT2D eigenvalue weighted by molar-refractivity contribution is -0.128. The van der Waals surface area contributed by atoms with E-state index in [1.165, 1.54) is 6.92 Å². The number of Topliss-reactive ketones (excluding diaryl/α,β-unsaturated/α-hetero) is 1. The number of hydrogen-bond donors (Lipinski definition) is 1. The van der Waals surface area contributed by atoms with Gasteiger partial charge in [-0.3, -0.25) is 14.4 Å². The maximum atomic E-state index is 12.0. The molecule has 124 valence electrons. The van der Waals surface area contributed by atoms with Crippen molar-refractivity contribution in [2.45, 2.75) is 19.4 Å². The van der Waals surface area contributed by atoms with Crippen LogP contribution in [-0.2, 0) is 16.0 Å². The molecule has 24 heavy (non-hydrogen) atoms. The van der Waals surface area contributed by atoms with E-state index in [2.05, 4.69) is 5.32 Å². The quantitative estimate of drug-likeness (QED) is 0.755.